The molecule has 1 aliphatic heterocycles. The Morgan fingerprint density at radius 1 is 1.21 bits per heavy atom. The highest BCUT2D eigenvalue weighted by molar-refractivity contribution is 7.89. The van der Waals surface area contributed by atoms with Gasteiger partial charge in [0.15, 0.2) is 0 Å². The quantitative estimate of drug-likeness (QED) is 0.775. The van der Waals surface area contributed by atoms with E-state index in [-0.39, 0.29) is 5.75 Å². The van der Waals surface area contributed by atoms with Gasteiger partial charge in [-0.1, -0.05) is 23.4 Å². The molecule has 1 aromatic carbocycles. The van der Waals surface area contributed by atoms with Gasteiger partial charge in [0, 0.05) is 33.6 Å². The second-order valence-corrected chi connectivity index (χ2v) is 8.51. The van der Waals surface area contributed by atoms with Crippen LogP contribution in [0.1, 0.15) is 17.8 Å². The zero-order valence-corrected chi connectivity index (χ0v) is 14.9. The summed E-state index contributed by atoms with van der Waals surface area (Å²) < 4.78 is 26.8. The van der Waals surface area contributed by atoms with Crippen LogP contribution >= 0.6 is 0 Å². The van der Waals surface area contributed by atoms with E-state index >= 15 is 0 Å². The maximum absolute atomic E-state index is 11.8. The number of aromatic nitrogens is 3. The third-order valence-electron chi connectivity index (χ3n) is 4.32. The van der Waals surface area contributed by atoms with Gasteiger partial charge < -0.3 is 0 Å². The molecule has 24 heavy (non-hydrogen) atoms. The smallest absolute Gasteiger partial charge is 0.213 e. The van der Waals surface area contributed by atoms with E-state index < -0.39 is 10.0 Å². The molecule has 0 amide bonds. The summed E-state index contributed by atoms with van der Waals surface area (Å²) in [6, 6.07) is 10.0. The van der Waals surface area contributed by atoms with E-state index in [0.717, 1.165) is 43.1 Å². The van der Waals surface area contributed by atoms with E-state index in [9.17, 15) is 8.42 Å². The van der Waals surface area contributed by atoms with Crippen LogP contribution in [0.15, 0.2) is 30.3 Å². The molecule has 0 spiro atoms. The lowest BCUT2D eigenvalue weighted by molar-refractivity contribution is 0.250. The molecule has 0 fully saturated rings. The number of rotatable bonds is 6. The monoisotopic (exact) mass is 349 g/mol. The fourth-order valence-corrected chi connectivity index (χ4v) is 3.74. The van der Waals surface area contributed by atoms with Crippen LogP contribution in [0, 0.1) is 0 Å². The first-order chi connectivity index (χ1) is 11.5. The lowest BCUT2D eigenvalue weighted by atomic mass is 10.1. The molecule has 0 bridgehead atoms. The van der Waals surface area contributed by atoms with Gasteiger partial charge in [0.2, 0.25) is 10.0 Å². The van der Waals surface area contributed by atoms with Crippen molar-refractivity contribution in [2.24, 2.45) is 0 Å². The van der Waals surface area contributed by atoms with Crippen LogP contribution in [0.4, 0.5) is 0 Å². The van der Waals surface area contributed by atoms with Gasteiger partial charge in [0.05, 0.1) is 17.1 Å². The van der Waals surface area contributed by atoms with Crippen molar-refractivity contribution in [3.8, 4) is 5.69 Å². The van der Waals surface area contributed by atoms with E-state index in [1.807, 2.05) is 35.0 Å². The second kappa shape index (κ2) is 7.00. The zero-order valence-electron chi connectivity index (χ0n) is 14.1. The molecule has 0 aliphatic carbocycles. The molecule has 0 atom stereocenters. The van der Waals surface area contributed by atoms with Gasteiger partial charge in [0.25, 0.3) is 0 Å². The number of nitrogens with zero attached hydrogens (tertiary/aromatic N) is 5. The summed E-state index contributed by atoms with van der Waals surface area (Å²) >= 11 is 0. The lowest BCUT2D eigenvalue weighted by Crippen LogP contribution is -2.34. The SMILES string of the molecule is CN(C)S(=O)(=O)CCCN1CCc2c(nnn2-c2ccccc2)C1. The first-order valence-electron chi connectivity index (χ1n) is 8.09. The Hall–Kier alpha value is -1.77. The van der Waals surface area contributed by atoms with Crippen LogP contribution in [0.3, 0.4) is 0 Å². The van der Waals surface area contributed by atoms with Crippen molar-refractivity contribution in [2.45, 2.75) is 19.4 Å². The molecule has 2 aromatic rings. The summed E-state index contributed by atoms with van der Waals surface area (Å²) in [6.07, 6.45) is 1.50. The van der Waals surface area contributed by atoms with E-state index in [1.165, 1.54) is 4.31 Å². The fraction of sp³-hybridized carbons (Fsp3) is 0.500. The average molecular weight is 349 g/mol. The minimum Gasteiger partial charge on any atom is -0.297 e. The van der Waals surface area contributed by atoms with E-state index in [0.29, 0.717) is 6.42 Å². The topological polar surface area (TPSA) is 71.3 Å². The molecule has 8 heteroatoms. The van der Waals surface area contributed by atoms with Crippen LogP contribution in [-0.4, -0.2) is 65.6 Å². The van der Waals surface area contributed by atoms with Gasteiger partial charge in [-0.25, -0.2) is 17.4 Å². The van der Waals surface area contributed by atoms with Gasteiger partial charge in [-0.15, -0.1) is 5.10 Å². The lowest BCUT2D eigenvalue weighted by Gasteiger charge is -2.26. The van der Waals surface area contributed by atoms with E-state index in [2.05, 4.69) is 15.2 Å². The maximum Gasteiger partial charge on any atom is 0.213 e. The minimum absolute atomic E-state index is 0.181. The number of para-hydroxylation sites is 1. The van der Waals surface area contributed by atoms with Crippen molar-refractivity contribution < 1.29 is 8.42 Å². The zero-order chi connectivity index (χ0) is 17.2. The highest BCUT2D eigenvalue weighted by Crippen LogP contribution is 2.20. The Morgan fingerprint density at radius 3 is 2.67 bits per heavy atom. The first-order valence-corrected chi connectivity index (χ1v) is 9.70. The summed E-state index contributed by atoms with van der Waals surface area (Å²) in [4.78, 5) is 2.25. The third-order valence-corrected chi connectivity index (χ3v) is 6.23. The van der Waals surface area contributed by atoms with E-state index in [1.54, 1.807) is 14.1 Å². The molecule has 0 radical (unpaired) electrons. The molecule has 3 rings (SSSR count). The summed E-state index contributed by atoms with van der Waals surface area (Å²) in [5.41, 5.74) is 3.16. The van der Waals surface area contributed by atoms with Gasteiger partial charge >= 0.3 is 0 Å². The summed E-state index contributed by atoms with van der Waals surface area (Å²) in [5, 5.41) is 8.60. The minimum atomic E-state index is -3.12. The Balaban J connectivity index is 1.61. The Kier molecular flexibility index (Phi) is 4.98. The van der Waals surface area contributed by atoms with Crippen molar-refractivity contribution in [1.82, 2.24) is 24.2 Å². The van der Waals surface area contributed by atoms with Gasteiger partial charge in [0.1, 0.15) is 5.69 Å². The van der Waals surface area contributed by atoms with Gasteiger partial charge in [-0.2, -0.15) is 0 Å². The average Bonchev–Trinajstić information content (AvgIpc) is 2.98. The largest absolute Gasteiger partial charge is 0.297 e. The van der Waals surface area contributed by atoms with Gasteiger partial charge in [-0.3, -0.25) is 4.90 Å². The summed E-state index contributed by atoms with van der Waals surface area (Å²) in [5.74, 6) is 0.181. The standard InChI is InChI=1S/C16H23N5O2S/c1-19(2)24(22,23)12-6-10-20-11-9-16-15(13-20)17-18-21(16)14-7-4-3-5-8-14/h3-5,7-8H,6,9-13H2,1-2H3. The summed E-state index contributed by atoms with van der Waals surface area (Å²) in [6.45, 7) is 2.38. The molecule has 1 aromatic heterocycles. The molecule has 130 valence electrons. The number of benzene rings is 1. The molecule has 0 saturated carbocycles. The highest BCUT2D eigenvalue weighted by Gasteiger charge is 2.23. The van der Waals surface area contributed by atoms with Crippen molar-refractivity contribution in [3.63, 3.8) is 0 Å². The maximum atomic E-state index is 11.8. The molecule has 2 heterocycles. The highest BCUT2D eigenvalue weighted by atomic mass is 32.2. The second-order valence-electron chi connectivity index (χ2n) is 6.21. The molecule has 1 aliphatic rings. The normalized spacial score (nSPS) is 15.6. The van der Waals surface area contributed by atoms with Crippen LogP contribution in [0.25, 0.3) is 5.69 Å². The van der Waals surface area contributed by atoms with Crippen LogP contribution < -0.4 is 0 Å². The molecule has 0 unspecified atom stereocenters. The number of fused-ring (bicyclic) bond motifs is 1. The van der Waals surface area contributed by atoms with Crippen LogP contribution in [0.2, 0.25) is 0 Å². The predicted molar refractivity (Wildman–Crippen MR) is 92.4 cm³/mol. The molecule has 0 N–H and O–H groups in total. The van der Waals surface area contributed by atoms with Crippen molar-refractivity contribution in [1.29, 1.82) is 0 Å². The van der Waals surface area contributed by atoms with E-state index in [4.69, 9.17) is 0 Å². The molecular weight excluding hydrogens is 326 g/mol. The van der Waals surface area contributed by atoms with Crippen molar-refractivity contribution in [2.75, 3.05) is 32.9 Å². The summed E-state index contributed by atoms with van der Waals surface area (Å²) in [7, 11) is 0.0308. The molecule has 0 saturated heterocycles. The van der Waals surface area contributed by atoms with Gasteiger partial charge in [-0.05, 0) is 25.1 Å². The Bertz CT molecular complexity index is 786. The van der Waals surface area contributed by atoms with Crippen molar-refractivity contribution in [3.05, 3.63) is 41.7 Å². The number of hydrogen-bond acceptors (Lipinski definition) is 5. The molecule has 7 nitrogen and oxygen atoms in total. The number of hydrogen-bond donors (Lipinski definition) is 0. The number of sulfonamides is 1. The van der Waals surface area contributed by atoms with Crippen molar-refractivity contribution >= 4 is 10.0 Å². The first kappa shape index (κ1) is 17.1. The van der Waals surface area contributed by atoms with Crippen LogP contribution in [0.5, 0.6) is 0 Å². The third kappa shape index (κ3) is 3.66. The fourth-order valence-electron chi connectivity index (χ4n) is 2.88. The Labute approximate surface area is 142 Å². The van der Waals surface area contributed by atoms with Crippen LogP contribution in [-0.2, 0) is 23.0 Å². The predicted octanol–water partition coefficient (Wildman–Crippen LogP) is 0.907. The Morgan fingerprint density at radius 2 is 1.96 bits per heavy atom. The molecular formula is C16H23N5O2S.